The average Bonchev–Trinajstić information content (AvgIpc) is 3.20. The molecule has 0 saturated heterocycles. The number of aryl methyl sites for hydroxylation is 3. The average molecular weight is 447 g/mol. The molecule has 4 rings (SSSR count). The number of carbonyl (C=O) groups excluding carboxylic acids is 1. The number of carbonyl (C=O) groups is 1. The van der Waals surface area contributed by atoms with E-state index in [1.165, 1.54) is 28.0 Å². The first-order valence-electron chi connectivity index (χ1n) is 10.7. The van der Waals surface area contributed by atoms with Crippen LogP contribution in [0, 0.1) is 6.92 Å². The summed E-state index contributed by atoms with van der Waals surface area (Å²) < 4.78 is 11.7. The Bertz CT molecular complexity index is 1180. The lowest BCUT2D eigenvalue weighted by Gasteiger charge is -2.05. The van der Waals surface area contributed by atoms with Crippen LogP contribution in [0.5, 0.6) is 5.75 Å². The lowest BCUT2D eigenvalue weighted by molar-refractivity contribution is 0.0225. The zero-order valence-corrected chi connectivity index (χ0v) is 19.1. The van der Waals surface area contributed by atoms with Gasteiger partial charge in [0.1, 0.15) is 5.75 Å². The normalized spacial score (nSPS) is 10.9. The van der Waals surface area contributed by atoms with Crippen LogP contribution in [0.3, 0.4) is 0 Å². The minimum atomic E-state index is -0.165. The first-order chi connectivity index (χ1) is 15.6. The molecule has 0 aliphatic heterocycles. The Hall–Kier alpha value is -3.22. The highest BCUT2D eigenvalue weighted by Crippen LogP contribution is 2.29. The Labute approximate surface area is 192 Å². The number of ether oxygens (including phenoxy) is 2. The van der Waals surface area contributed by atoms with Crippen LogP contribution in [-0.4, -0.2) is 24.3 Å². The summed E-state index contributed by atoms with van der Waals surface area (Å²) in [4.78, 5) is 17.2. The molecule has 0 aliphatic carbocycles. The largest absolute Gasteiger partial charge is 0.468 e. The summed E-state index contributed by atoms with van der Waals surface area (Å²) >= 11 is 1.42. The minimum absolute atomic E-state index is 0.165. The molecule has 0 aliphatic rings. The van der Waals surface area contributed by atoms with E-state index in [4.69, 9.17) is 9.47 Å². The standard InChI is InChI=1S/C26H26N2O3S/c1-3-30-17-31-22-14-15-23-24(16-22)32-26(27-23)28-25(29)21-12-10-20(11-13-21)9-8-19-6-4-18(2)5-7-19/h4-7,10-16H,3,8-9,17H2,1-2H3,(H,27,28,29). The molecule has 1 amide bonds. The molecule has 5 nitrogen and oxygen atoms in total. The Morgan fingerprint density at radius 2 is 1.66 bits per heavy atom. The second kappa shape index (κ2) is 10.4. The number of amides is 1. The van der Waals surface area contributed by atoms with E-state index < -0.39 is 0 Å². The topological polar surface area (TPSA) is 60.5 Å². The summed E-state index contributed by atoms with van der Waals surface area (Å²) in [6, 6.07) is 22.0. The molecule has 0 saturated carbocycles. The highest BCUT2D eigenvalue weighted by molar-refractivity contribution is 7.22. The van der Waals surface area contributed by atoms with Crippen molar-refractivity contribution in [2.24, 2.45) is 0 Å². The molecule has 3 aromatic carbocycles. The Morgan fingerprint density at radius 3 is 2.34 bits per heavy atom. The molecular formula is C26H26N2O3S. The lowest BCUT2D eigenvalue weighted by atomic mass is 10.0. The van der Waals surface area contributed by atoms with E-state index in [2.05, 4.69) is 41.5 Å². The number of anilines is 1. The molecule has 6 heteroatoms. The predicted octanol–water partition coefficient (Wildman–Crippen LogP) is 6.02. The number of hydrogen-bond donors (Lipinski definition) is 1. The molecule has 32 heavy (non-hydrogen) atoms. The molecule has 0 bridgehead atoms. The number of nitrogens with one attached hydrogen (secondary N) is 1. The van der Waals surface area contributed by atoms with E-state index in [1.54, 1.807) is 0 Å². The lowest BCUT2D eigenvalue weighted by Crippen LogP contribution is -2.11. The van der Waals surface area contributed by atoms with Gasteiger partial charge in [0.2, 0.25) is 0 Å². The third-order valence-electron chi connectivity index (χ3n) is 5.13. The smallest absolute Gasteiger partial charge is 0.257 e. The number of rotatable bonds is 9. The van der Waals surface area contributed by atoms with E-state index >= 15 is 0 Å². The number of fused-ring (bicyclic) bond motifs is 1. The van der Waals surface area contributed by atoms with Gasteiger partial charge in [0, 0.05) is 12.2 Å². The molecule has 0 fully saturated rings. The molecule has 1 N–H and O–H groups in total. The van der Waals surface area contributed by atoms with Crippen molar-refractivity contribution in [3.05, 3.63) is 89.0 Å². The molecule has 1 aromatic heterocycles. The van der Waals surface area contributed by atoms with Crippen molar-refractivity contribution in [3.63, 3.8) is 0 Å². The van der Waals surface area contributed by atoms with Gasteiger partial charge in [-0.05, 0) is 68.1 Å². The number of thiazole rings is 1. The molecule has 0 atom stereocenters. The maximum absolute atomic E-state index is 12.7. The van der Waals surface area contributed by atoms with Gasteiger partial charge in [-0.1, -0.05) is 53.3 Å². The van der Waals surface area contributed by atoms with Gasteiger partial charge in [0.15, 0.2) is 11.9 Å². The van der Waals surface area contributed by atoms with Crippen molar-refractivity contribution in [3.8, 4) is 5.75 Å². The third-order valence-corrected chi connectivity index (χ3v) is 6.07. The minimum Gasteiger partial charge on any atom is -0.468 e. The maximum atomic E-state index is 12.7. The Balaban J connectivity index is 1.35. The van der Waals surface area contributed by atoms with Gasteiger partial charge in [-0.15, -0.1) is 0 Å². The second-order valence-corrected chi connectivity index (χ2v) is 8.57. The number of benzene rings is 3. The summed E-state index contributed by atoms with van der Waals surface area (Å²) in [5, 5.41) is 3.47. The number of nitrogens with zero attached hydrogens (tertiary/aromatic N) is 1. The number of hydrogen-bond acceptors (Lipinski definition) is 5. The van der Waals surface area contributed by atoms with Crippen molar-refractivity contribution in [2.45, 2.75) is 26.7 Å². The summed E-state index contributed by atoms with van der Waals surface area (Å²) in [5.74, 6) is 0.552. The van der Waals surface area contributed by atoms with E-state index in [0.717, 1.165) is 23.1 Å². The fourth-order valence-corrected chi connectivity index (χ4v) is 4.17. The van der Waals surface area contributed by atoms with Crippen LogP contribution in [0.15, 0.2) is 66.7 Å². The van der Waals surface area contributed by atoms with Crippen molar-refractivity contribution in [1.82, 2.24) is 4.98 Å². The van der Waals surface area contributed by atoms with Gasteiger partial charge in [0.05, 0.1) is 10.2 Å². The van der Waals surface area contributed by atoms with Crippen LogP contribution in [0.4, 0.5) is 5.13 Å². The van der Waals surface area contributed by atoms with Gasteiger partial charge < -0.3 is 9.47 Å². The molecular weight excluding hydrogens is 420 g/mol. The second-order valence-electron chi connectivity index (χ2n) is 7.54. The molecule has 0 radical (unpaired) electrons. The molecule has 1 heterocycles. The highest BCUT2D eigenvalue weighted by atomic mass is 32.1. The van der Waals surface area contributed by atoms with E-state index in [1.807, 2.05) is 49.4 Å². The molecule has 4 aromatic rings. The van der Waals surface area contributed by atoms with Gasteiger partial charge in [-0.25, -0.2) is 4.98 Å². The van der Waals surface area contributed by atoms with Crippen LogP contribution in [0.1, 0.15) is 34.0 Å². The molecule has 0 spiro atoms. The Kier molecular flexibility index (Phi) is 7.14. The summed E-state index contributed by atoms with van der Waals surface area (Å²) in [6.07, 6.45) is 1.92. The van der Waals surface area contributed by atoms with Gasteiger partial charge in [0.25, 0.3) is 5.91 Å². The van der Waals surface area contributed by atoms with Gasteiger partial charge >= 0.3 is 0 Å². The van der Waals surface area contributed by atoms with Crippen molar-refractivity contribution >= 4 is 32.6 Å². The molecule has 164 valence electrons. The van der Waals surface area contributed by atoms with E-state index in [0.29, 0.717) is 23.1 Å². The van der Waals surface area contributed by atoms with Crippen LogP contribution in [-0.2, 0) is 17.6 Å². The van der Waals surface area contributed by atoms with Crippen LogP contribution < -0.4 is 10.1 Å². The first-order valence-corrected chi connectivity index (χ1v) is 11.5. The van der Waals surface area contributed by atoms with E-state index in [-0.39, 0.29) is 12.7 Å². The van der Waals surface area contributed by atoms with Crippen molar-refractivity contribution in [1.29, 1.82) is 0 Å². The quantitative estimate of drug-likeness (QED) is 0.252. The summed E-state index contributed by atoms with van der Waals surface area (Å²) in [5.41, 5.74) is 5.23. The zero-order valence-electron chi connectivity index (χ0n) is 18.3. The van der Waals surface area contributed by atoms with Crippen molar-refractivity contribution < 1.29 is 14.3 Å². The fourth-order valence-electron chi connectivity index (χ4n) is 3.28. The van der Waals surface area contributed by atoms with Crippen LogP contribution >= 0.6 is 11.3 Å². The SMILES string of the molecule is CCOCOc1ccc2nc(NC(=O)c3ccc(CCc4ccc(C)cc4)cc3)sc2c1. The van der Waals surface area contributed by atoms with Crippen LogP contribution in [0.2, 0.25) is 0 Å². The summed E-state index contributed by atoms with van der Waals surface area (Å²) in [6.45, 7) is 4.83. The van der Waals surface area contributed by atoms with E-state index in [9.17, 15) is 4.79 Å². The van der Waals surface area contributed by atoms with Crippen molar-refractivity contribution in [2.75, 3.05) is 18.7 Å². The van der Waals surface area contributed by atoms with Gasteiger partial charge in [-0.2, -0.15) is 0 Å². The first kappa shape index (κ1) is 22.0. The maximum Gasteiger partial charge on any atom is 0.257 e. The highest BCUT2D eigenvalue weighted by Gasteiger charge is 2.11. The predicted molar refractivity (Wildman–Crippen MR) is 130 cm³/mol. The fraction of sp³-hybridized carbons (Fsp3) is 0.231. The zero-order chi connectivity index (χ0) is 22.3. The Morgan fingerprint density at radius 1 is 0.969 bits per heavy atom. The van der Waals surface area contributed by atoms with Crippen LogP contribution in [0.25, 0.3) is 10.2 Å². The van der Waals surface area contributed by atoms with Gasteiger partial charge in [-0.3, -0.25) is 10.1 Å². The summed E-state index contributed by atoms with van der Waals surface area (Å²) in [7, 11) is 0. The monoisotopic (exact) mass is 446 g/mol. The third kappa shape index (κ3) is 5.72. The number of aromatic nitrogens is 1. The molecule has 0 unspecified atom stereocenters.